The summed E-state index contributed by atoms with van der Waals surface area (Å²) in [5.74, 6) is 1.35. The van der Waals surface area contributed by atoms with Gasteiger partial charge in [-0.05, 0) is 41.8 Å². The monoisotopic (exact) mass is 486 g/mol. The Bertz CT molecular complexity index is 1360. The Morgan fingerprint density at radius 3 is 2.60 bits per heavy atom. The van der Waals surface area contributed by atoms with Crippen LogP contribution in [0.4, 0.5) is 0 Å². The van der Waals surface area contributed by atoms with Gasteiger partial charge in [-0.15, -0.1) is 11.3 Å². The Kier molecular flexibility index (Phi) is 6.37. The maximum absolute atomic E-state index is 13.1. The molecule has 0 spiro atoms. The van der Waals surface area contributed by atoms with Gasteiger partial charge < -0.3 is 9.47 Å². The third-order valence-electron chi connectivity index (χ3n) is 6.06. The zero-order valence-corrected chi connectivity index (χ0v) is 20.7. The van der Waals surface area contributed by atoms with Crippen molar-refractivity contribution in [1.29, 1.82) is 0 Å². The van der Waals surface area contributed by atoms with E-state index in [-0.39, 0.29) is 11.9 Å². The first-order valence-electron chi connectivity index (χ1n) is 11.4. The van der Waals surface area contributed by atoms with E-state index in [0.717, 1.165) is 33.1 Å². The van der Waals surface area contributed by atoms with Crippen LogP contribution in [0.3, 0.4) is 0 Å². The molecule has 0 radical (unpaired) electrons. The van der Waals surface area contributed by atoms with E-state index < -0.39 is 0 Å². The average molecular weight is 487 g/mol. The van der Waals surface area contributed by atoms with Crippen LogP contribution in [0.5, 0.6) is 11.5 Å². The molecular weight excluding hydrogens is 460 g/mol. The second kappa shape index (κ2) is 9.76. The number of carbonyl (C=O) groups excluding carboxylic acids is 1. The quantitative estimate of drug-likeness (QED) is 0.336. The zero-order valence-electron chi connectivity index (χ0n) is 19.8. The number of hydrogen-bond acceptors (Lipinski definition) is 6. The number of hydrogen-bond donors (Lipinski definition) is 0. The fourth-order valence-electron chi connectivity index (χ4n) is 4.30. The van der Waals surface area contributed by atoms with E-state index in [1.54, 1.807) is 30.6 Å². The van der Waals surface area contributed by atoms with Gasteiger partial charge in [0.1, 0.15) is 17.2 Å². The van der Waals surface area contributed by atoms with Gasteiger partial charge in [0, 0.05) is 30.2 Å². The summed E-state index contributed by atoms with van der Waals surface area (Å²) >= 11 is 1.63. The molecule has 4 aromatic rings. The molecule has 1 amide bonds. The summed E-state index contributed by atoms with van der Waals surface area (Å²) in [6.07, 6.45) is 2.91. The Morgan fingerprint density at radius 1 is 1.09 bits per heavy atom. The van der Waals surface area contributed by atoms with Crippen LogP contribution in [0.2, 0.25) is 0 Å². The van der Waals surface area contributed by atoms with E-state index in [9.17, 15) is 4.79 Å². The van der Waals surface area contributed by atoms with Gasteiger partial charge in [0.15, 0.2) is 0 Å². The van der Waals surface area contributed by atoms with E-state index in [0.29, 0.717) is 24.3 Å². The topological polar surface area (TPSA) is 69.0 Å². The van der Waals surface area contributed by atoms with Gasteiger partial charge >= 0.3 is 0 Å². The number of thiophene rings is 1. The number of benzene rings is 2. The van der Waals surface area contributed by atoms with Gasteiger partial charge in [-0.25, -0.2) is 9.69 Å². The molecule has 8 heteroatoms. The highest BCUT2D eigenvalue weighted by Gasteiger charge is 2.36. The van der Waals surface area contributed by atoms with Crippen molar-refractivity contribution in [3.63, 3.8) is 0 Å². The summed E-state index contributed by atoms with van der Waals surface area (Å²) < 4.78 is 12.9. The fourth-order valence-corrected chi connectivity index (χ4v) is 5.03. The highest BCUT2D eigenvalue weighted by atomic mass is 32.1. The lowest BCUT2D eigenvalue weighted by molar-refractivity contribution is -0.132. The number of hydrazone groups is 1. The molecule has 0 aliphatic carbocycles. The lowest BCUT2D eigenvalue weighted by Crippen LogP contribution is -2.26. The molecular formula is C27H26N4O3S. The molecule has 35 heavy (non-hydrogen) atoms. The van der Waals surface area contributed by atoms with Gasteiger partial charge in [0.05, 0.1) is 36.5 Å². The Balaban J connectivity index is 1.62. The van der Waals surface area contributed by atoms with E-state index >= 15 is 0 Å². The molecule has 3 heterocycles. The van der Waals surface area contributed by atoms with Gasteiger partial charge in [-0.3, -0.25) is 4.79 Å². The summed E-state index contributed by atoms with van der Waals surface area (Å²) in [4.78, 5) is 14.1. The van der Waals surface area contributed by atoms with Crippen LogP contribution in [0, 0.1) is 0 Å². The predicted octanol–water partition coefficient (Wildman–Crippen LogP) is 5.71. The van der Waals surface area contributed by atoms with Crippen LogP contribution < -0.4 is 9.47 Å². The second-order valence-electron chi connectivity index (χ2n) is 8.12. The lowest BCUT2D eigenvalue weighted by atomic mass is 9.97. The number of ether oxygens (including phenoxy) is 2. The van der Waals surface area contributed by atoms with E-state index in [1.807, 2.05) is 77.8 Å². The van der Waals surface area contributed by atoms with Crippen molar-refractivity contribution >= 4 is 23.0 Å². The molecule has 2 aromatic carbocycles. The largest absolute Gasteiger partial charge is 0.497 e. The molecule has 0 N–H and O–H groups in total. The van der Waals surface area contributed by atoms with Crippen molar-refractivity contribution in [2.75, 3.05) is 14.2 Å². The Labute approximate surface area is 208 Å². The lowest BCUT2D eigenvalue weighted by Gasteiger charge is -2.21. The minimum atomic E-state index is -0.289. The molecule has 1 aliphatic rings. The SMILES string of the molecule is CCC(=O)N1N=C(c2cc(OC)ccc2OC)C[C@H]1c1cn(-c2ccccc2)nc1-c1cccs1. The van der Waals surface area contributed by atoms with Crippen LogP contribution >= 0.6 is 11.3 Å². The highest BCUT2D eigenvalue weighted by Crippen LogP contribution is 2.41. The molecule has 5 rings (SSSR count). The van der Waals surface area contributed by atoms with Crippen molar-refractivity contribution < 1.29 is 14.3 Å². The first-order valence-corrected chi connectivity index (χ1v) is 12.3. The Morgan fingerprint density at radius 2 is 1.91 bits per heavy atom. The van der Waals surface area contributed by atoms with Gasteiger partial charge in [-0.2, -0.15) is 10.2 Å². The third-order valence-corrected chi connectivity index (χ3v) is 6.94. The van der Waals surface area contributed by atoms with E-state index in [4.69, 9.17) is 19.7 Å². The summed E-state index contributed by atoms with van der Waals surface area (Å²) in [6, 6.07) is 19.4. The number of rotatable bonds is 7. The maximum Gasteiger partial charge on any atom is 0.242 e. The molecule has 7 nitrogen and oxygen atoms in total. The van der Waals surface area contributed by atoms with Crippen molar-refractivity contribution in [3.05, 3.63) is 83.4 Å². The molecule has 0 saturated carbocycles. The zero-order chi connectivity index (χ0) is 24.4. The standard InChI is InChI=1S/C27H26N4O3S/c1-4-26(32)31-23(16-22(28-31)20-15-19(33-2)12-13-24(20)34-3)21-17-30(18-9-6-5-7-10-18)29-27(21)25-11-8-14-35-25/h5-15,17,23H,4,16H2,1-3H3/t23-/m0/s1. The smallest absolute Gasteiger partial charge is 0.242 e. The Hall–Kier alpha value is -3.91. The van der Waals surface area contributed by atoms with E-state index in [2.05, 4.69) is 6.07 Å². The number of methoxy groups -OCH3 is 2. The van der Waals surface area contributed by atoms with Crippen molar-refractivity contribution in [3.8, 4) is 27.8 Å². The fraction of sp³-hybridized carbons (Fsp3) is 0.222. The van der Waals surface area contributed by atoms with Crippen molar-refractivity contribution in [1.82, 2.24) is 14.8 Å². The molecule has 0 saturated heterocycles. The van der Waals surface area contributed by atoms with Crippen molar-refractivity contribution in [2.45, 2.75) is 25.8 Å². The van der Waals surface area contributed by atoms with Crippen LogP contribution in [0.15, 0.2) is 77.3 Å². The van der Waals surface area contributed by atoms with Gasteiger partial charge in [0.2, 0.25) is 5.91 Å². The third kappa shape index (κ3) is 4.33. The number of nitrogens with zero attached hydrogens (tertiary/aromatic N) is 4. The highest BCUT2D eigenvalue weighted by molar-refractivity contribution is 7.13. The molecule has 0 unspecified atom stereocenters. The number of carbonyl (C=O) groups is 1. The predicted molar refractivity (Wildman–Crippen MR) is 137 cm³/mol. The summed E-state index contributed by atoms with van der Waals surface area (Å²) in [5.41, 5.74) is 4.36. The number of aromatic nitrogens is 2. The number of para-hydroxylation sites is 1. The normalized spacial score (nSPS) is 15.2. The van der Waals surface area contributed by atoms with Crippen LogP contribution in [0.25, 0.3) is 16.3 Å². The summed E-state index contributed by atoms with van der Waals surface area (Å²) in [5, 5.41) is 13.4. The first kappa shape index (κ1) is 22.9. The van der Waals surface area contributed by atoms with Crippen LogP contribution in [0.1, 0.15) is 36.9 Å². The average Bonchev–Trinajstić information content (AvgIpc) is 3.67. The summed E-state index contributed by atoms with van der Waals surface area (Å²) in [7, 11) is 3.26. The minimum Gasteiger partial charge on any atom is -0.497 e. The van der Waals surface area contributed by atoms with Crippen LogP contribution in [-0.2, 0) is 4.79 Å². The van der Waals surface area contributed by atoms with Gasteiger partial charge in [-0.1, -0.05) is 31.2 Å². The molecule has 2 aromatic heterocycles. The molecule has 178 valence electrons. The molecule has 1 aliphatic heterocycles. The maximum atomic E-state index is 13.1. The molecule has 1 atom stereocenters. The first-order chi connectivity index (χ1) is 17.1. The van der Waals surface area contributed by atoms with Crippen molar-refractivity contribution in [2.24, 2.45) is 5.10 Å². The second-order valence-corrected chi connectivity index (χ2v) is 9.06. The summed E-state index contributed by atoms with van der Waals surface area (Å²) in [6.45, 7) is 1.85. The van der Waals surface area contributed by atoms with Gasteiger partial charge in [0.25, 0.3) is 0 Å². The van der Waals surface area contributed by atoms with Crippen LogP contribution in [-0.4, -0.2) is 40.6 Å². The van der Waals surface area contributed by atoms with E-state index in [1.165, 1.54) is 0 Å². The molecule has 0 fully saturated rings. The number of amides is 1. The molecule has 0 bridgehead atoms. The minimum absolute atomic E-state index is 0.0450.